The lowest BCUT2D eigenvalue weighted by molar-refractivity contribution is 0.480. The van der Waals surface area contributed by atoms with Crippen molar-refractivity contribution in [2.75, 3.05) is 0 Å². The van der Waals surface area contributed by atoms with E-state index in [9.17, 15) is 0 Å². The number of benzene rings is 3. The van der Waals surface area contributed by atoms with Crippen molar-refractivity contribution < 1.29 is 4.74 Å². The molecular weight excluding hydrogens is 391 g/mol. The first-order chi connectivity index (χ1) is 10.3. The molecule has 0 aliphatic heterocycles. The van der Waals surface area contributed by atoms with Crippen molar-refractivity contribution in [1.29, 1.82) is 0 Å². The average molecular weight is 402 g/mol. The Morgan fingerprint density at radius 2 is 1.52 bits per heavy atom. The van der Waals surface area contributed by atoms with Gasteiger partial charge in [-0.25, -0.2) is 0 Å². The molecule has 3 aromatic carbocycles. The molecule has 0 N–H and O–H groups in total. The van der Waals surface area contributed by atoms with Gasteiger partial charge >= 0.3 is 0 Å². The molecule has 0 amide bonds. The molecule has 0 bridgehead atoms. The van der Waals surface area contributed by atoms with Crippen LogP contribution < -0.4 is 4.74 Å². The summed E-state index contributed by atoms with van der Waals surface area (Å²) in [4.78, 5) is 0. The maximum absolute atomic E-state index is 6.03. The van der Waals surface area contributed by atoms with Crippen molar-refractivity contribution in [2.24, 2.45) is 0 Å². The van der Waals surface area contributed by atoms with Gasteiger partial charge in [-0.3, -0.25) is 0 Å². The third-order valence-corrected chi connectivity index (χ3v) is 5.46. The van der Waals surface area contributed by atoms with Gasteiger partial charge < -0.3 is 4.74 Å². The molecule has 3 heteroatoms. The first kappa shape index (κ1) is 13.1. The van der Waals surface area contributed by atoms with Crippen molar-refractivity contribution in [2.45, 2.75) is 0 Å². The maximum atomic E-state index is 6.03. The van der Waals surface area contributed by atoms with Crippen molar-refractivity contribution in [3.05, 3.63) is 70.3 Å². The van der Waals surface area contributed by atoms with Crippen molar-refractivity contribution in [3.8, 4) is 11.5 Å². The minimum Gasteiger partial charge on any atom is -0.456 e. The Kier molecular flexibility index (Phi) is 3.31. The second kappa shape index (κ2) is 5.31. The average Bonchev–Trinajstić information content (AvgIpc) is 2.88. The monoisotopic (exact) mass is 402 g/mol. The summed E-state index contributed by atoms with van der Waals surface area (Å²) in [6.45, 7) is 0. The molecule has 1 heterocycles. The molecule has 0 radical (unpaired) electrons. The van der Waals surface area contributed by atoms with Crippen LogP contribution >= 0.6 is 33.9 Å². The van der Waals surface area contributed by atoms with E-state index >= 15 is 0 Å². The second-order valence-corrected chi connectivity index (χ2v) is 7.03. The fourth-order valence-corrected chi connectivity index (χ4v) is 4.01. The normalized spacial score (nSPS) is 11.1. The van der Waals surface area contributed by atoms with Gasteiger partial charge in [-0.1, -0.05) is 30.3 Å². The predicted octanol–water partition coefficient (Wildman–Crippen LogP) is 6.45. The maximum Gasteiger partial charge on any atom is 0.140 e. The molecule has 4 aromatic rings. The molecular formula is C18H11IOS. The Morgan fingerprint density at radius 3 is 2.43 bits per heavy atom. The van der Waals surface area contributed by atoms with E-state index < -0.39 is 0 Å². The summed E-state index contributed by atoms with van der Waals surface area (Å²) in [6, 6.07) is 22.9. The highest BCUT2D eigenvalue weighted by Crippen LogP contribution is 2.37. The van der Waals surface area contributed by atoms with Crippen LogP contribution in [0.15, 0.2) is 66.7 Å². The van der Waals surface area contributed by atoms with Crippen LogP contribution in [0.3, 0.4) is 0 Å². The number of hydrogen-bond acceptors (Lipinski definition) is 2. The summed E-state index contributed by atoms with van der Waals surface area (Å²) < 4.78 is 9.76. The molecule has 0 aliphatic rings. The highest BCUT2D eigenvalue weighted by atomic mass is 127. The first-order valence-corrected chi connectivity index (χ1v) is 8.54. The molecule has 0 aliphatic carbocycles. The summed E-state index contributed by atoms with van der Waals surface area (Å²) >= 11 is 4.12. The smallest absolute Gasteiger partial charge is 0.140 e. The summed E-state index contributed by atoms with van der Waals surface area (Å²) in [5.41, 5.74) is 0. The van der Waals surface area contributed by atoms with E-state index in [-0.39, 0.29) is 0 Å². The van der Waals surface area contributed by atoms with E-state index in [0.29, 0.717) is 0 Å². The zero-order chi connectivity index (χ0) is 14.2. The number of thiophene rings is 1. The van der Waals surface area contributed by atoms with E-state index in [1.54, 1.807) is 0 Å². The topological polar surface area (TPSA) is 9.23 Å². The van der Waals surface area contributed by atoms with E-state index in [2.05, 4.69) is 65.1 Å². The van der Waals surface area contributed by atoms with Gasteiger partial charge in [-0.2, -0.15) is 0 Å². The predicted molar refractivity (Wildman–Crippen MR) is 98.6 cm³/mol. The fraction of sp³-hybridized carbons (Fsp3) is 0. The van der Waals surface area contributed by atoms with Crippen LogP contribution in [0, 0.1) is 3.57 Å². The van der Waals surface area contributed by atoms with Gasteiger partial charge in [0, 0.05) is 20.2 Å². The van der Waals surface area contributed by atoms with Gasteiger partial charge in [0.1, 0.15) is 11.5 Å². The molecule has 0 saturated carbocycles. The summed E-state index contributed by atoms with van der Waals surface area (Å²) in [6.07, 6.45) is 0. The van der Waals surface area contributed by atoms with Crippen molar-refractivity contribution >= 4 is 54.1 Å². The largest absolute Gasteiger partial charge is 0.456 e. The van der Waals surface area contributed by atoms with Crippen molar-refractivity contribution in [1.82, 2.24) is 0 Å². The lowest BCUT2D eigenvalue weighted by Crippen LogP contribution is -1.86. The lowest BCUT2D eigenvalue weighted by Gasteiger charge is -2.07. The minimum atomic E-state index is 0.884. The summed E-state index contributed by atoms with van der Waals surface area (Å²) in [7, 11) is 0. The van der Waals surface area contributed by atoms with Crippen LogP contribution in [-0.4, -0.2) is 0 Å². The van der Waals surface area contributed by atoms with Crippen LogP contribution in [-0.2, 0) is 0 Å². The van der Waals surface area contributed by atoms with Crippen LogP contribution in [0.4, 0.5) is 0 Å². The molecule has 102 valence electrons. The van der Waals surface area contributed by atoms with E-state index in [1.165, 1.54) is 20.2 Å². The van der Waals surface area contributed by atoms with E-state index in [4.69, 9.17) is 4.74 Å². The van der Waals surface area contributed by atoms with Crippen LogP contribution in [0.25, 0.3) is 20.2 Å². The Bertz CT molecular complexity index is 942. The molecule has 0 saturated heterocycles. The molecule has 0 spiro atoms. The van der Waals surface area contributed by atoms with Gasteiger partial charge in [-0.05, 0) is 59.0 Å². The van der Waals surface area contributed by atoms with Gasteiger partial charge in [0.05, 0.1) is 3.57 Å². The Morgan fingerprint density at radius 1 is 0.762 bits per heavy atom. The number of halogens is 1. The van der Waals surface area contributed by atoms with E-state index in [0.717, 1.165) is 15.1 Å². The number of hydrogen-bond donors (Lipinski definition) is 0. The Labute approximate surface area is 140 Å². The molecule has 0 fully saturated rings. The molecule has 0 unspecified atom stereocenters. The molecule has 4 rings (SSSR count). The third kappa shape index (κ3) is 2.40. The standard InChI is InChI=1S/C18H11IOS/c19-15-6-2-3-7-16(15)20-12-9-10-18-14(11-12)13-5-1-4-8-17(13)21-18/h1-11H. The van der Waals surface area contributed by atoms with Gasteiger partial charge in [0.25, 0.3) is 0 Å². The van der Waals surface area contributed by atoms with Gasteiger partial charge in [-0.15, -0.1) is 11.3 Å². The second-order valence-electron chi connectivity index (χ2n) is 4.79. The number of fused-ring (bicyclic) bond motifs is 3. The third-order valence-electron chi connectivity index (χ3n) is 3.41. The zero-order valence-electron chi connectivity index (χ0n) is 11.0. The van der Waals surface area contributed by atoms with Gasteiger partial charge in [0.2, 0.25) is 0 Å². The van der Waals surface area contributed by atoms with Crippen LogP contribution in [0.2, 0.25) is 0 Å². The zero-order valence-corrected chi connectivity index (χ0v) is 14.0. The van der Waals surface area contributed by atoms with Crippen LogP contribution in [0.5, 0.6) is 11.5 Å². The number of ether oxygens (including phenoxy) is 1. The lowest BCUT2D eigenvalue weighted by atomic mass is 10.1. The fourth-order valence-electron chi connectivity index (χ4n) is 2.42. The van der Waals surface area contributed by atoms with Crippen LogP contribution in [0.1, 0.15) is 0 Å². The quantitative estimate of drug-likeness (QED) is 0.350. The minimum absolute atomic E-state index is 0.884. The molecule has 0 atom stereocenters. The first-order valence-electron chi connectivity index (χ1n) is 6.65. The molecule has 1 nitrogen and oxygen atoms in total. The Balaban J connectivity index is 1.83. The number of para-hydroxylation sites is 1. The summed E-state index contributed by atoms with van der Waals surface area (Å²) in [5.74, 6) is 1.78. The van der Waals surface area contributed by atoms with E-state index in [1.807, 2.05) is 35.6 Å². The van der Waals surface area contributed by atoms with Gasteiger partial charge in [0.15, 0.2) is 0 Å². The number of rotatable bonds is 2. The molecule has 1 aromatic heterocycles. The SMILES string of the molecule is Ic1ccccc1Oc1ccc2sc3ccccc3c2c1. The summed E-state index contributed by atoms with van der Waals surface area (Å²) in [5, 5.41) is 2.56. The highest BCUT2D eigenvalue weighted by Gasteiger charge is 2.07. The van der Waals surface area contributed by atoms with Crippen molar-refractivity contribution in [3.63, 3.8) is 0 Å². The highest BCUT2D eigenvalue weighted by molar-refractivity contribution is 14.1. The Hall–Kier alpha value is -1.59. The molecule has 21 heavy (non-hydrogen) atoms.